The zero-order valence-electron chi connectivity index (χ0n) is 20.1. The molecule has 2 N–H and O–H groups in total. The number of hydrogen-bond acceptors (Lipinski definition) is 7. The third-order valence-corrected chi connectivity index (χ3v) is 8.32. The van der Waals surface area contributed by atoms with Crippen molar-refractivity contribution in [1.82, 2.24) is 24.4 Å². The Kier molecular flexibility index (Phi) is 6.56. The van der Waals surface area contributed by atoms with Crippen molar-refractivity contribution in [1.29, 1.82) is 5.41 Å². The molecular weight excluding hydrogens is 532 g/mol. The Balaban J connectivity index is 1.28. The molecule has 0 bridgehead atoms. The molecule has 0 unspecified atom stereocenters. The Labute approximate surface area is 216 Å². The number of aromatic nitrogens is 4. The number of fused-ring (bicyclic) bond motifs is 2. The molecule has 0 atom stereocenters. The van der Waals surface area contributed by atoms with Gasteiger partial charge < -0.3 is 23.9 Å². The maximum absolute atomic E-state index is 12.6. The predicted molar refractivity (Wildman–Crippen MR) is 135 cm³/mol. The summed E-state index contributed by atoms with van der Waals surface area (Å²) in [7, 11) is 0. The lowest BCUT2D eigenvalue weighted by Gasteiger charge is -2.35. The fraction of sp³-hybridized carbons (Fsp3) is 0.500. The molecule has 1 aromatic carbocycles. The van der Waals surface area contributed by atoms with Crippen LogP contribution in [0.15, 0.2) is 33.0 Å². The van der Waals surface area contributed by atoms with E-state index >= 15 is 0 Å². The molecule has 2 aromatic heterocycles. The van der Waals surface area contributed by atoms with Crippen LogP contribution in [0.5, 0.6) is 11.5 Å². The van der Waals surface area contributed by atoms with Gasteiger partial charge in [-0.05, 0) is 53.2 Å². The lowest BCUT2D eigenvalue weighted by molar-refractivity contribution is -0.140. The molecule has 1 amide bonds. The Morgan fingerprint density at radius 3 is 2.69 bits per heavy atom. The van der Waals surface area contributed by atoms with Crippen LogP contribution in [0, 0.1) is 16.7 Å². The van der Waals surface area contributed by atoms with Crippen LogP contribution in [0.3, 0.4) is 0 Å². The molecular formula is C24H29BrN6O3S. The van der Waals surface area contributed by atoms with E-state index in [1.54, 1.807) is 6.33 Å². The molecule has 4 heterocycles. The predicted octanol–water partition coefficient (Wildman–Crippen LogP) is 4.56. The highest BCUT2D eigenvalue weighted by atomic mass is 79.9. The number of benzene rings is 1. The number of amides is 1. The van der Waals surface area contributed by atoms with Crippen molar-refractivity contribution in [3.05, 3.63) is 28.4 Å². The second-order valence-corrected chi connectivity index (χ2v) is 11.9. The van der Waals surface area contributed by atoms with Gasteiger partial charge in [0.1, 0.15) is 5.52 Å². The number of halogens is 1. The second-order valence-electron chi connectivity index (χ2n) is 10.0. The van der Waals surface area contributed by atoms with Gasteiger partial charge in [0.25, 0.3) is 0 Å². The van der Waals surface area contributed by atoms with Gasteiger partial charge in [-0.3, -0.25) is 10.2 Å². The number of nitrogens with one attached hydrogen (secondary N) is 2. The van der Waals surface area contributed by atoms with Crippen LogP contribution in [0.4, 0.5) is 0 Å². The van der Waals surface area contributed by atoms with Gasteiger partial charge in [-0.25, -0.2) is 9.97 Å². The zero-order chi connectivity index (χ0) is 24.7. The topological polar surface area (TPSA) is 109 Å². The van der Waals surface area contributed by atoms with E-state index in [0.717, 1.165) is 59.7 Å². The van der Waals surface area contributed by atoms with Gasteiger partial charge in [-0.2, -0.15) is 0 Å². The summed E-state index contributed by atoms with van der Waals surface area (Å²) in [4.78, 5) is 27.8. The summed E-state index contributed by atoms with van der Waals surface area (Å²) in [5, 5.41) is 8.93. The van der Waals surface area contributed by atoms with Crippen molar-refractivity contribution in [2.45, 2.75) is 56.6 Å². The number of piperidine rings is 1. The first kappa shape index (κ1) is 24.2. The number of rotatable bonds is 5. The average molecular weight is 562 g/mol. The van der Waals surface area contributed by atoms with Crippen LogP contribution in [0.25, 0.3) is 11.2 Å². The number of nitrogens with zero attached hydrogens (tertiary/aromatic N) is 4. The minimum absolute atomic E-state index is 0.175. The number of carbonyl (C=O) groups excluding carboxylic acids is 1. The van der Waals surface area contributed by atoms with E-state index < -0.39 is 0 Å². The van der Waals surface area contributed by atoms with Crippen molar-refractivity contribution in [2.24, 2.45) is 11.3 Å². The zero-order valence-corrected chi connectivity index (χ0v) is 22.5. The molecule has 0 aliphatic carbocycles. The first-order valence-electron chi connectivity index (χ1n) is 11.7. The molecule has 186 valence electrons. The van der Waals surface area contributed by atoms with E-state index in [1.165, 1.54) is 11.8 Å². The van der Waals surface area contributed by atoms with Gasteiger partial charge in [-0.1, -0.05) is 32.5 Å². The van der Waals surface area contributed by atoms with E-state index in [1.807, 2.05) is 42.4 Å². The van der Waals surface area contributed by atoms with Crippen molar-refractivity contribution in [3.63, 3.8) is 0 Å². The highest BCUT2D eigenvalue weighted by molar-refractivity contribution is 9.10. The molecule has 2 aliphatic rings. The lowest BCUT2D eigenvalue weighted by Crippen LogP contribution is -2.44. The number of H-pyrrole nitrogens is 1. The van der Waals surface area contributed by atoms with E-state index in [2.05, 4.69) is 25.9 Å². The molecule has 9 nitrogen and oxygen atoms in total. The third-order valence-electron chi connectivity index (χ3n) is 6.45. The van der Waals surface area contributed by atoms with Gasteiger partial charge in [-0.15, -0.1) is 0 Å². The van der Waals surface area contributed by atoms with Crippen molar-refractivity contribution in [2.75, 3.05) is 19.9 Å². The normalized spacial score (nSPS) is 16.3. The minimum atomic E-state index is -0.330. The average Bonchev–Trinajstić information content (AvgIpc) is 3.45. The largest absolute Gasteiger partial charge is 0.454 e. The third kappa shape index (κ3) is 5.06. The molecule has 1 fully saturated rings. The summed E-state index contributed by atoms with van der Waals surface area (Å²) in [6.45, 7) is 8.57. The van der Waals surface area contributed by atoms with E-state index in [0.29, 0.717) is 22.3 Å². The SMILES string of the molecule is CC(C)(C)C(=O)N1CCC(CCn2cnc(=N)c3[nH]c(Sc4cc5c(cc4Br)OCO5)nc32)CC1. The fourth-order valence-corrected chi connectivity index (χ4v) is 5.86. The van der Waals surface area contributed by atoms with Crippen LogP contribution >= 0.6 is 27.7 Å². The fourth-order valence-electron chi connectivity index (χ4n) is 4.48. The quantitative estimate of drug-likeness (QED) is 0.473. The van der Waals surface area contributed by atoms with Crippen LogP contribution in [0.2, 0.25) is 0 Å². The van der Waals surface area contributed by atoms with Crippen molar-refractivity contribution < 1.29 is 14.3 Å². The summed E-state index contributed by atoms with van der Waals surface area (Å²) >= 11 is 5.06. The van der Waals surface area contributed by atoms with Crippen LogP contribution in [-0.4, -0.2) is 50.2 Å². The number of aryl methyl sites for hydroxylation is 1. The highest BCUT2D eigenvalue weighted by Crippen LogP contribution is 2.42. The standard InChI is InChI=1S/C24H29BrN6O3S/c1-24(2,3)22(32)30-7-4-14(5-8-30)6-9-31-12-27-20(26)19-21(31)29-23(28-19)35-18-11-17-16(10-15(18)25)33-13-34-17/h10-12,14,26H,4-9,13H2,1-3H3,(H,28,29). The van der Waals surface area contributed by atoms with Crippen molar-refractivity contribution >= 4 is 44.8 Å². The summed E-state index contributed by atoms with van der Waals surface area (Å²) in [5.41, 5.74) is 1.20. The molecule has 2 aliphatic heterocycles. The van der Waals surface area contributed by atoms with Crippen LogP contribution in [-0.2, 0) is 11.3 Å². The molecule has 1 saturated heterocycles. The Morgan fingerprint density at radius 2 is 1.97 bits per heavy atom. The number of likely N-dealkylation sites (tertiary alicyclic amines) is 1. The Bertz CT molecular complexity index is 1320. The van der Waals surface area contributed by atoms with Crippen molar-refractivity contribution in [3.8, 4) is 11.5 Å². The number of carbonyl (C=O) groups is 1. The van der Waals surface area contributed by atoms with Crippen LogP contribution in [0.1, 0.15) is 40.0 Å². The molecule has 3 aromatic rings. The molecule has 0 saturated carbocycles. The molecule has 0 spiro atoms. The maximum Gasteiger partial charge on any atom is 0.231 e. The highest BCUT2D eigenvalue weighted by Gasteiger charge is 2.30. The lowest BCUT2D eigenvalue weighted by atomic mass is 9.90. The van der Waals surface area contributed by atoms with Gasteiger partial charge in [0.15, 0.2) is 27.8 Å². The summed E-state index contributed by atoms with van der Waals surface area (Å²) in [6.07, 6.45) is 4.71. The van der Waals surface area contributed by atoms with Gasteiger partial charge in [0.2, 0.25) is 12.7 Å². The minimum Gasteiger partial charge on any atom is -0.454 e. The monoisotopic (exact) mass is 560 g/mol. The first-order valence-corrected chi connectivity index (χ1v) is 13.4. The number of aromatic amines is 1. The summed E-state index contributed by atoms with van der Waals surface area (Å²) < 4.78 is 13.8. The smallest absolute Gasteiger partial charge is 0.231 e. The molecule has 35 heavy (non-hydrogen) atoms. The second kappa shape index (κ2) is 9.50. The van der Waals surface area contributed by atoms with Gasteiger partial charge in [0, 0.05) is 34.4 Å². The number of ether oxygens (including phenoxy) is 2. The number of imidazole rings is 1. The van der Waals surface area contributed by atoms with E-state index in [-0.39, 0.29) is 23.6 Å². The van der Waals surface area contributed by atoms with Gasteiger partial charge >= 0.3 is 0 Å². The molecule has 5 rings (SSSR count). The Morgan fingerprint density at radius 1 is 1.26 bits per heavy atom. The number of hydrogen-bond donors (Lipinski definition) is 2. The van der Waals surface area contributed by atoms with E-state index in [4.69, 9.17) is 19.9 Å². The summed E-state index contributed by atoms with van der Waals surface area (Å²) in [5.74, 6) is 2.21. The molecule has 0 radical (unpaired) electrons. The maximum atomic E-state index is 12.6. The Hall–Kier alpha value is -2.53. The van der Waals surface area contributed by atoms with Gasteiger partial charge in [0.05, 0.1) is 6.33 Å². The van der Waals surface area contributed by atoms with E-state index in [9.17, 15) is 4.79 Å². The molecule has 11 heteroatoms. The van der Waals surface area contributed by atoms with Crippen LogP contribution < -0.4 is 15.0 Å². The first-order chi connectivity index (χ1) is 16.7. The summed E-state index contributed by atoms with van der Waals surface area (Å²) in [6, 6.07) is 3.82.